The van der Waals surface area contributed by atoms with E-state index in [1.807, 2.05) is 51.1 Å². The summed E-state index contributed by atoms with van der Waals surface area (Å²) in [6.07, 6.45) is 0. The smallest absolute Gasteiger partial charge is 0.230 e. The molecule has 0 unspecified atom stereocenters. The fraction of sp³-hybridized carbons (Fsp3) is 0.188. The summed E-state index contributed by atoms with van der Waals surface area (Å²) in [7, 11) is 0. The van der Waals surface area contributed by atoms with E-state index in [-0.39, 0.29) is 0 Å². The van der Waals surface area contributed by atoms with Crippen LogP contribution in [0.3, 0.4) is 0 Å². The normalized spacial score (nSPS) is 10.8. The summed E-state index contributed by atoms with van der Waals surface area (Å²) in [5.41, 5.74) is 12.2. The van der Waals surface area contributed by atoms with Gasteiger partial charge in [0.2, 0.25) is 5.88 Å². The number of nitrogens with two attached hydrogens (primary N) is 1. The summed E-state index contributed by atoms with van der Waals surface area (Å²) in [5, 5.41) is 12.3. The van der Waals surface area contributed by atoms with Crippen LogP contribution in [0, 0.1) is 20.8 Å². The van der Waals surface area contributed by atoms with Gasteiger partial charge in [-0.1, -0.05) is 29.4 Å². The van der Waals surface area contributed by atoms with E-state index in [1.165, 1.54) is 0 Å². The number of aryl methyl sites for hydroxylation is 3. The van der Waals surface area contributed by atoms with Crippen LogP contribution in [0.4, 0.5) is 5.88 Å². The van der Waals surface area contributed by atoms with Crippen molar-refractivity contribution in [3.63, 3.8) is 0 Å². The number of benzene rings is 1. The topological polar surface area (TPSA) is 77.8 Å². The maximum absolute atomic E-state index is 6.00. The highest BCUT2D eigenvalue weighted by Gasteiger charge is 2.20. The molecule has 0 fully saturated rings. The molecule has 0 atom stereocenters. The second-order valence-electron chi connectivity index (χ2n) is 5.07. The molecule has 0 aliphatic heterocycles. The summed E-state index contributed by atoms with van der Waals surface area (Å²) < 4.78 is 5.23. The van der Waals surface area contributed by atoms with E-state index >= 15 is 0 Å². The van der Waals surface area contributed by atoms with Gasteiger partial charge in [-0.15, -0.1) is 0 Å². The third kappa shape index (κ3) is 2.27. The van der Waals surface area contributed by atoms with E-state index < -0.39 is 0 Å². The van der Waals surface area contributed by atoms with Crippen molar-refractivity contribution in [2.45, 2.75) is 20.8 Å². The minimum absolute atomic E-state index is 0.313. The zero-order chi connectivity index (χ0) is 15.0. The number of rotatable bonds is 2. The molecule has 1 aromatic carbocycles. The Morgan fingerprint density at radius 3 is 2.52 bits per heavy atom. The third-order valence-electron chi connectivity index (χ3n) is 3.49. The number of aromatic nitrogens is 3. The molecule has 2 N–H and O–H groups in total. The predicted octanol–water partition coefficient (Wildman–Crippen LogP) is 3.31. The Balaban J connectivity index is 2.27. The van der Waals surface area contributed by atoms with Gasteiger partial charge in [0.05, 0.1) is 17.0 Å². The van der Waals surface area contributed by atoms with E-state index in [0.29, 0.717) is 11.6 Å². The molecule has 0 saturated carbocycles. The lowest BCUT2D eigenvalue weighted by atomic mass is 9.97. The van der Waals surface area contributed by atoms with Crippen molar-refractivity contribution in [1.82, 2.24) is 15.4 Å². The minimum Gasteiger partial charge on any atom is -0.367 e. The van der Waals surface area contributed by atoms with Crippen LogP contribution in [0.25, 0.3) is 22.4 Å². The fourth-order valence-corrected chi connectivity index (χ4v) is 2.39. The maximum Gasteiger partial charge on any atom is 0.230 e. The summed E-state index contributed by atoms with van der Waals surface area (Å²) in [5.74, 6) is 0.313. The van der Waals surface area contributed by atoms with Gasteiger partial charge in [0, 0.05) is 5.56 Å². The van der Waals surface area contributed by atoms with E-state index in [1.54, 1.807) is 0 Å². The molecule has 5 nitrogen and oxygen atoms in total. The number of nitrogens with zero attached hydrogens (tertiary/aromatic N) is 3. The second-order valence-corrected chi connectivity index (χ2v) is 5.07. The summed E-state index contributed by atoms with van der Waals surface area (Å²) >= 11 is 0. The molecule has 3 aromatic rings. The molecule has 21 heavy (non-hydrogen) atoms. The van der Waals surface area contributed by atoms with Crippen molar-refractivity contribution in [2.24, 2.45) is 0 Å². The molecule has 3 rings (SSSR count). The zero-order valence-electron chi connectivity index (χ0n) is 12.2. The van der Waals surface area contributed by atoms with Crippen LogP contribution < -0.4 is 5.73 Å². The van der Waals surface area contributed by atoms with E-state index in [0.717, 1.165) is 33.6 Å². The van der Waals surface area contributed by atoms with Crippen molar-refractivity contribution in [3.8, 4) is 22.4 Å². The first-order chi connectivity index (χ1) is 10.1. The molecule has 0 bridgehead atoms. The van der Waals surface area contributed by atoms with Gasteiger partial charge < -0.3 is 10.3 Å². The van der Waals surface area contributed by atoms with E-state index in [4.69, 9.17) is 10.3 Å². The second kappa shape index (κ2) is 5.01. The molecule has 0 aliphatic carbocycles. The average molecular weight is 280 g/mol. The maximum atomic E-state index is 6.00. The van der Waals surface area contributed by atoms with Gasteiger partial charge in [-0.25, -0.2) is 0 Å². The highest BCUT2D eigenvalue weighted by atomic mass is 16.5. The van der Waals surface area contributed by atoms with Crippen molar-refractivity contribution in [3.05, 3.63) is 47.3 Å². The van der Waals surface area contributed by atoms with Crippen LogP contribution in [-0.4, -0.2) is 15.4 Å². The van der Waals surface area contributed by atoms with Gasteiger partial charge in [0.1, 0.15) is 5.69 Å². The van der Waals surface area contributed by atoms with Crippen LogP contribution in [0.1, 0.15) is 17.0 Å². The number of nitrogen functional groups attached to an aromatic ring is 1. The largest absolute Gasteiger partial charge is 0.367 e. The Morgan fingerprint density at radius 2 is 1.76 bits per heavy atom. The average Bonchev–Trinajstić information content (AvgIpc) is 2.84. The molecule has 2 aromatic heterocycles. The lowest BCUT2D eigenvalue weighted by Crippen LogP contribution is -1.96. The Morgan fingerprint density at radius 1 is 1.00 bits per heavy atom. The van der Waals surface area contributed by atoms with Gasteiger partial charge in [-0.05, 0) is 38.0 Å². The van der Waals surface area contributed by atoms with Crippen LogP contribution in [0.5, 0.6) is 0 Å². The SMILES string of the molecule is Cc1cc(-c2noc(N)c2-c2ccccc2C)c(C)nn1. The highest BCUT2D eigenvalue weighted by Crippen LogP contribution is 2.38. The molecule has 0 aliphatic rings. The van der Waals surface area contributed by atoms with Gasteiger partial charge >= 0.3 is 0 Å². The molecule has 106 valence electrons. The Kier molecular flexibility index (Phi) is 3.17. The number of hydrogen-bond donors (Lipinski definition) is 1. The summed E-state index contributed by atoms with van der Waals surface area (Å²) in [6, 6.07) is 9.96. The first-order valence-electron chi connectivity index (χ1n) is 6.70. The summed E-state index contributed by atoms with van der Waals surface area (Å²) in [4.78, 5) is 0. The van der Waals surface area contributed by atoms with Crippen LogP contribution in [0.15, 0.2) is 34.9 Å². The van der Waals surface area contributed by atoms with Gasteiger partial charge in [-0.2, -0.15) is 10.2 Å². The van der Waals surface area contributed by atoms with Crippen LogP contribution in [0.2, 0.25) is 0 Å². The quantitative estimate of drug-likeness (QED) is 0.779. The van der Waals surface area contributed by atoms with Crippen molar-refractivity contribution in [2.75, 3.05) is 5.73 Å². The Bertz CT molecular complexity index is 808. The number of hydrogen-bond acceptors (Lipinski definition) is 5. The van der Waals surface area contributed by atoms with Crippen molar-refractivity contribution >= 4 is 5.88 Å². The van der Waals surface area contributed by atoms with E-state index in [9.17, 15) is 0 Å². The molecular formula is C16H16N4O. The van der Waals surface area contributed by atoms with Gasteiger partial charge in [0.15, 0.2) is 0 Å². The molecule has 5 heteroatoms. The molecule has 2 heterocycles. The van der Waals surface area contributed by atoms with Gasteiger partial charge in [-0.3, -0.25) is 0 Å². The molecule has 0 radical (unpaired) electrons. The lowest BCUT2D eigenvalue weighted by molar-refractivity contribution is 0.439. The van der Waals surface area contributed by atoms with Crippen molar-refractivity contribution < 1.29 is 4.52 Å². The van der Waals surface area contributed by atoms with E-state index in [2.05, 4.69) is 15.4 Å². The zero-order valence-corrected chi connectivity index (χ0v) is 12.2. The standard InChI is InChI=1S/C16H16N4O/c1-9-6-4-5-7-12(9)14-15(20-21-16(14)17)13-8-10(2)18-19-11(13)3/h4-8H,17H2,1-3H3. The first-order valence-corrected chi connectivity index (χ1v) is 6.70. The van der Waals surface area contributed by atoms with Crippen LogP contribution in [-0.2, 0) is 0 Å². The molecular weight excluding hydrogens is 264 g/mol. The minimum atomic E-state index is 0.313. The van der Waals surface area contributed by atoms with Gasteiger partial charge in [0.25, 0.3) is 0 Å². The number of anilines is 1. The Labute approximate surface area is 122 Å². The Hall–Kier alpha value is -2.69. The summed E-state index contributed by atoms with van der Waals surface area (Å²) in [6.45, 7) is 5.83. The lowest BCUT2D eigenvalue weighted by Gasteiger charge is -2.07. The first kappa shape index (κ1) is 13.3. The highest BCUT2D eigenvalue weighted by molar-refractivity contribution is 5.88. The third-order valence-corrected chi connectivity index (χ3v) is 3.49. The predicted molar refractivity (Wildman–Crippen MR) is 81.6 cm³/mol. The fourth-order valence-electron chi connectivity index (χ4n) is 2.39. The van der Waals surface area contributed by atoms with Crippen LogP contribution >= 0.6 is 0 Å². The molecule has 0 saturated heterocycles. The molecule has 0 spiro atoms. The van der Waals surface area contributed by atoms with Crippen molar-refractivity contribution in [1.29, 1.82) is 0 Å². The molecule has 0 amide bonds. The monoisotopic (exact) mass is 280 g/mol.